The monoisotopic (exact) mass is 220 g/mol. The average Bonchev–Trinajstić information content (AvgIpc) is 2.76. The van der Waals surface area contributed by atoms with Crippen LogP contribution in [0.2, 0.25) is 0 Å². The lowest BCUT2D eigenvalue weighted by Gasteiger charge is -2.15. The summed E-state index contributed by atoms with van der Waals surface area (Å²) in [6.45, 7) is 8.52. The Hall–Kier alpha value is -1.16. The van der Waals surface area contributed by atoms with E-state index in [2.05, 4.69) is 20.2 Å². The summed E-state index contributed by atoms with van der Waals surface area (Å²) in [6.07, 6.45) is 4.51. The molecule has 0 amide bonds. The Morgan fingerprint density at radius 3 is 2.81 bits per heavy atom. The van der Waals surface area contributed by atoms with Crippen molar-refractivity contribution >= 4 is 5.82 Å². The second-order valence-electron chi connectivity index (χ2n) is 4.42. The quantitative estimate of drug-likeness (QED) is 0.837. The molecule has 0 spiro atoms. The SMILES string of the molecule is Cc1cnc(C)c(NCCN2CCCC2)n1. The van der Waals surface area contributed by atoms with Gasteiger partial charge in [0.1, 0.15) is 5.82 Å². The Balaban J connectivity index is 1.82. The standard InChI is InChI=1S/C12H20N4/c1-10-9-14-11(2)12(15-10)13-5-8-16-6-3-4-7-16/h9H,3-8H2,1-2H3,(H,13,15). The molecule has 1 saturated heterocycles. The predicted molar refractivity (Wildman–Crippen MR) is 65.7 cm³/mol. The number of nitrogens with one attached hydrogen (secondary N) is 1. The molecule has 0 atom stereocenters. The molecule has 1 N–H and O–H groups in total. The van der Waals surface area contributed by atoms with E-state index in [4.69, 9.17) is 0 Å². The minimum Gasteiger partial charge on any atom is -0.367 e. The summed E-state index contributed by atoms with van der Waals surface area (Å²) in [5, 5.41) is 3.37. The number of rotatable bonds is 4. The summed E-state index contributed by atoms with van der Waals surface area (Å²) in [6, 6.07) is 0. The normalized spacial score (nSPS) is 16.6. The van der Waals surface area contributed by atoms with Crippen LogP contribution < -0.4 is 5.32 Å². The molecule has 4 heteroatoms. The van der Waals surface area contributed by atoms with Crippen molar-refractivity contribution in [2.75, 3.05) is 31.5 Å². The molecule has 1 aromatic rings. The molecule has 0 bridgehead atoms. The smallest absolute Gasteiger partial charge is 0.147 e. The van der Waals surface area contributed by atoms with E-state index < -0.39 is 0 Å². The Morgan fingerprint density at radius 1 is 1.31 bits per heavy atom. The van der Waals surface area contributed by atoms with Gasteiger partial charge in [0.15, 0.2) is 0 Å². The minimum atomic E-state index is 0.930. The van der Waals surface area contributed by atoms with Gasteiger partial charge in [-0.15, -0.1) is 0 Å². The highest BCUT2D eigenvalue weighted by atomic mass is 15.2. The maximum Gasteiger partial charge on any atom is 0.147 e. The van der Waals surface area contributed by atoms with Crippen LogP contribution in [0.3, 0.4) is 0 Å². The molecule has 0 unspecified atom stereocenters. The van der Waals surface area contributed by atoms with E-state index in [-0.39, 0.29) is 0 Å². The highest BCUT2D eigenvalue weighted by Gasteiger charge is 2.10. The van der Waals surface area contributed by atoms with Gasteiger partial charge in [0.2, 0.25) is 0 Å². The van der Waals surface area contributed by atoms with E-state index in [9.17, 15) is 0 Å². The maximum absolute atomic E-state index is 4.44. The highest BCUT2D eigenvalue weighted by molar-refractivity contribution is 5.39. The first kappa shape index (κ1) is 11.3. The number of aryl methyl sites for hydroxylation is 2. The van der Waals surface area contributed by atoms with Crippen LogP contribution in [-0.2, 0) is 0 Å². The van der Waals surface area contributed by atoms with Gasteiger partial charge in [-0.25, -0.2) is 4.98 Å². The van der Waals surface area contributed by atoms with E-state index in [0.29, 0.717) is 0 Å². The Bertz CT molecular complexity index is 345. The minimum absolute atomic E-state index is 0.930. The van der Waals surface area contributed by atoms with Crippen molar-refractivity contribution in [1.82, 2.24) is 14.9 Å². The van der Waals surface area contributed by atoms with Gasteiger partial charge in [0.25, 0.3) is 0 Å². The summed E-state index contributed by atoms with van der Waals surface area (Å²) >= 11 is 0. The van der Waals surface area contributed by atoms with Crippen molar-refractivity contribution in [3.8, 4) is 0 Å². The molecule has 0 aromatic carbocycles. The fraction of sp³-hybridized carbons (Fsp3) is 0.667. The summed E-state index contributed by atoms with van der Waals surface area (Å²) < 4.78 is 0. The number of anilines is 1. The third-order valence-electron chi connectivity index (χ3n) is 3.00. The highest BCUT2D eigenvalue weighted by Crippen LogP contribution is 2.09. The van der Waals surface area contributed by atoms with Crippen LogP contribution in [-0.4, -0.2) is 41.0 Å². The largest absolute Gasteiger partial charge is 0.367 e. The predicted octanol–water partition coefficient (Wildman–Crippen LogP) is 1.60. The zero-order valence-corrected chi connectivity index (χ0v) is 10.2. The lowest BCUT2D eigenvalue weighted by Crippen LogP contribution is -2.26. The van der Waals surface area contributed by atoms with Crippen molar-refractivity contribution < 1.29 is 0 Å². The maximum atomic E-state index is 4.44. The van der Waals surface area contributed by atoms with E-state index in [0.717, 1.165) is 30.3 Å². The fourth-order valence-electron chi connectivity index (χ4n) is 2.04. The van der Waals surface area contributed by atoms with Crippen LogP contribution in [0.4, 0.5) is 5.82 Å². The van der Waals surface area contributed by atoms with Gasteiger partial charge in [-0.2, -0.15) is 0 Å². The first-order valence-corrected chi connectivity index (χ1v) is 6.02. The number of hydrogen-bond acceptors (Lipinski definition) is 4. The van der Waals surface area contributed by atoms with Crippen molar-refractivity contribution in [1.29, 1.82) is 0 Å². The number of aromatic nitrogens is 2. The van der Waals surface area contributed by atoms with E-state index in [1.807, 2.05) is 13.8 Å². The summed E-state index contributed by atoms with van der Waals surface area (Å²) in [5.41, 5.74) is 1.95. The molecule has 2 heterocycles. The van der Waals surface area contributed by atoms with Gasteiger partial charge in [0, 0.05) is 19.3 Å². The third-order valence-corrected chi connectivity index (χ3v) is 3.00. The molecular formula is C12H20N4. The summed E-state index contributed by atoms with van der Waals surface area (Å²) in [7, 11) is 0. The number of nitrogens with zero attached hydrogens (tertiary/aromatic N) is 3. The average molecular weight is 220 g/mol. The van der Waals surface area contributed by atoms with Crippen LogP contribution in [0.15, 0.2) is 6.20 Å². The van der Waals surface area contributed by atoms with E-state index in [1.165, 1.54) is 25.9 Å². The molecule has 1 aromatic heterocycles. The third kappa shape index (κ3) is 2.92. The van der Waals surface area contributed by atoms with Crippen molar-refractivity contribution in [3.63, 3.8) is 0 Å². The Morgan fingerprint density at radius 2 is 2.06 bits per heavy atom. The molecule has 1 fully saturated rings. The van der Waals surface area contributed by atoms with Gasteiger partial charge < -0.3 is 10.2 Å². The van der Waals surface area contributed by atoms with Gasteiger partial charge in [-0.3, -0.25) is 4.98 Å². The lowest BCUT2D eigenvalue weighted by molar-refractivity contribution is 0.352. The molecule has 0 saturated carbocycles. The van der Waals surface area contributed by atoms with Crippen LogP contribution in [0.25, 0.3) is 0 Å². The zero-order valence-electron chi connectivity index (χ0n) is 10.2. The molecule has 4 nitrogen and oxygen atoms in total. The van der Waals surface area contributed by atoms with Crippen LogP contribution in [0.1, 0.15) is 24.2 Å². The molecule has 1 aliphatic rings. The van der Waals surface area contributed by atoms with Gasteiger partial charge in [-0.1, -0.05) is 0 Å². The van der Waals surface area contributed by atoms with Gasteiger partial charge in [0.05, 0.1) is 11.4 Å². The second kappa shape index (κ2) is 5.25. The fourth-order valence-corrected chi connectivity index (χ4v) is 2.04. The topological polar surface area (TPSA) is 41.1 Å². The van der Waals surface area contributed by atoms with Crippen LogP contribution in [0, 0.1) is 13.8 Å². The first-order valence-electron chi connectivity index (χ1n) is 6.02. The lowest BCUT2D eigenvalue weighted by atomic mass is 10.4. The number of hydrogen-bond donors (Lipinski definition) is 1. The van der Waals surface area contributed by atoms with Crippen molar-refractivity contribution in [2.45, 2.75) is 26.7 Å². The van der Waals surface area contributed by atoms with Crippen molar-refractivity contribution in [2.24, 2.45) is 0 Å². The Labute approximate surface area is 97.1 Å². The Kier molecular flexibility index (Phi) is 3.72. The molecule has 2 rings (SSSR count). The first-order chi connectivity index (χ1) is 7.75. The van der Waals surface area contributed by atoms with E-state index >= 15 is 0 Å². The molecule has 88 valence electrons. The van der Waals surface area contributed by atoms with Gasteiger partial charge >= 0.3 is 0 Å². The second-order valence-corrected chi connectivity index (χ2v) is 4.42. The van der Waals surface area contributed by atoms with Crippen LogP contribution >= 0.6 is 0 Å². The number of likely N-dealkylation sites (tertiary alicyclic amines) is 1. The van der Waals surface area contributed by atoms with Crippen molar-refractivity contribution in [3.05, 3.63) is 17.6 Å². The van der Waals surface area contributed by atoms with Gasteiger partial charge in [-0.05, 0) is 39.8 Å². The summed E-state index contributed by atoms with van der Waals surface area (Å²) in [5.74, 6) is 0.930. The zero-order chi connectivity index (χ0) is 11.4. The molecule has 0 radical (unpaired) electrons. The molecule has 1 aliphatic heterocycles. The van der Waals surface area contributed by atoms with Crippen LogP contribution in [0.5, 0.6) is 0 Å². The molecule has 0 aliphatic carbocycles. The molecular weight excluding hydrogens is 200 g/mol. The molecule has 16 heavy (non-hydrogen) atoms. The van der Waals surface area contributed by atoms with E-state index in [1.54, 1.807) is 6.20 Å². The summed E-state index contributed by atoms with van der Waals surface area (Å²) in [4.78, 5) is 11.2.